The molecule has 1 saturated heterocycles. The number of carbonyl (C=O) groups is 1. The summed E-state index contributed by atoms with van der Waals surface area (Å²) in [5.74, 6) is 0. The number of amides is 1. The van der Waals surface area contributed by atoms with E-state index in [4.69, 9.17) is 15.5 Å². The Kier molecular flexibility index (Phi) is 5.09. The predicted octanol–water partition coefficient (Wildman–Crippen LogP) is 2.48. The molecule has 7 heteroatoms. The van der Waals surface area contributed by atoms with Gasteiger partial charge in [-0.25, -0.2) is 9.78 Å². The van der Waals surface area contributed by atoms with Gasteiger partial charge in [-0.2, -0.15) is 0 Å². The molecule has 2 aromatic heterocycles. The van der Waals surface area contributed by atoms with Gasteiger partial charge >= 0.3 is 6.09 Å². The Labute approximate surface area is 154 Å². The molecule has 0 aromatic carbocycles. The minimum absolute atomic E-state index is 0.241. The average Bonchev–Trinajstić information content (AvgIpc) is 2.79. The molecule has 26 heavy (non-hydrogen) atoms. The number of rotatable bonds is 2. The third-order valence-corrected chi connectivity index (χ3v) is 4.60. The number of pyridine rings is 1. The SMILES string of the molecule is Cn1ccc2nc(CN)c(N3CCCN(C(=O)OC(C)(C)C)CC3)cc21. The van der Waals surface area contributed by atoms with Gasteiger partial charge in [0.15, 0.2) is 0 Å². The Morgan fingerprint density at radius 1 is 1.27 bits per heavy atom. The molecule has 1 aliphatic heterocycles. The molecule has 3 rings (SSSR count). The second-order valence-electron chi connectivity index (χ2n) is 7.80. The van der Waals surface area contributed by atoms with Crippen molar-refractivity contribution in [1.82, 2.24) is 14.5 Å². The van der Waals surface area contributed by atoms with Gasteiger partial charge < -0.3 is 24.8 Å². The summed E-state index contributed by atoms with van der Waals surface area (Å²) < 4.78 is 7.58. The third kappa shape index (κ3) is 3.93. The molecular weight excluding hydrogens is 330 g/mol. The Hall–Kier alpha value is -2.28. The van der Waals surface area contributed by atoms with Gasteiger partial charge in [-0.05, 0) is 39.3 Å². The first kappa shape index (κ1) is 18.5. The highest BCUT2D eigenvalue weighted by Gasteiger charge is 2.25. The average molecular weight is 359 g/mol. The molecular formula is C19H29N5O2. The van der Waals surface area contributed by atoms with Gasteiger partial charge in [0.2, 0.25) is 0 Å². The fraction of sp³-hybridized carbons (Fsp3) is 0.579. The van der Waals surface area contributed by atoms with Crippen LogP contribution in [0.5, 0.6) is 0 Å². The molecule has 0 aliphatic carbocycles. The van der Waals surface area contributed by atoms with Gasteiger partial charge in [0.1, 0.15) is 5.60 Å². The number of aromatic nitrogens is 2. The van der Waals surface area contributed by atoms with Gasteiger partial charge in [0, 0.05) is 46.0 Å². The van der Waals surface area contributed by atoms with Crippen molar-refractivity contribution in [2.24, 2.45) is 12.8 Å². The minimum atomic E-state index is -0.475. The zero-order chi connectivity index (χ0) is 18.9. The van der Waals surface area contributed by atoms with Crippen LogP contribution in [0.3, 0.4) is 0 Å². The number of nitrogens with two attached hydrogens (primary N) is 1. The number of hydrogen-bond donors (Lipinski definition) is 1. The summed E-state index contributed by atoms with van der Waals surface area (Å²) in [6.07, 6.45) is 2.65. The molecule has 3 heterocycles. The highest BCUT2D eigenvalue weighted by Crippen LogP contribution is 2.26. The van der Waals surface area contributed by atoms with E-state index in [0.717, 1.165) is 41.9 Å². The number of hydrogen-bond acceptors (Lipinski definition) is 5. The number of nitrogens with zero attached hydrogens (tertiary/aromatic N) is 4. The molecule has 0 atom stereocenters. The molecule has 2 aromatic rings. The molecule has 0 bridgehead atoms. The van der Waals surface area contributed by atoms with Crippen molar-refractivity contribution in [3.63, 3.8) is 0 Å². The predicted molar refractivity (Wildman–Crippen MR) is 103 cm³/mol. The van der Waals surface area contributed by atoms with E-state index in [-0.39, 0.29) is 6.09 Å². The van der Waals surface area contributed by atoms with E-state index < -0.39 is 5.60 Å². The highest BCUT2D eigenvalue weighted by atomic mass is 16.6. The number of fused-ring (bicyclic) bond motifs is 1. The van der Waals surface area contributed by atoms with E-state index in [1.807, 2.05) is 40.1 Å². The van der Waals surface area contributed by atoms with Gasteiger partial charge in [0.25, 0.3) is 0 Å². The number of ether oxygens (including phenoxy) is 1. The first-order chi connectivity index (χ1) is 12.3. The summed E-state index contributed by atoms with van der Waals surface area (Å²) in [6, 6.07) is 4.17. The lowest BCUT2D eigenvalue weighted by Gasteiger charge is -2.27. The second-order valence-corrected chi connectivity index (χ2v) is 7.80. The minimum Gasteiger partial charge on any atom is -0.444 e. The largest absolute Gasteiger partial charge is 0.444 e. The molecule has 1 amide bonds. The maximum absolute atomic E-state index is 12.4. The lowest BCUT2D eigenvalue weighted by Crippen LogP contribution is -2.39. The van der Waals surface area contributed by atoms with Crippen LogP contribution in [0.15, 0.2) is 18.3 Å². The molecule has 0 unspecified atom stereocenters. The molecule has 1 aliphatic rings. The summed E-state index contributed by atoms with van der Waals surface area (Å²) in [6.45, 7) is 9.00. The lowest BCUT2D eigenvalue weighted by atomic mass is 10.2. The molecule has 0 radical (unpaired) electrons. The third-order valence-electron chi connectivity index (χ3n) is 4.60. The van der Waals surface area contributed by atoms with E-state index in [0.29, 0.717) is 19.6 Å². The number of carbonyl (C=O) groups excluding carboxylic acids is 1. The maximum atomic E-state index is 12.4. The van der Waals surface area contributed by atoms with Crippen molar-refractivity contribution in [1.29, 1.82) is 0 Å². The number of aryl methyl sites for hydroxylation is 1. The monoisotopic (exact) mass is 359 g/mol. The van der Waals surface area contributed by atoms with Crippen LogP contribution in [0.1, 0.15) is 32.9 Å². The quantitative estimate of drug-likeness (QED) is 0.891. The van der Waals surface area contributed by atoms with Crippen molar-refractivity contribution < 1.29 is 9.53 Å². The summed E-state index contributed by atoms with van der Waals surface area (Å²) >= 11 is 0. The van der Waals surface area contributed by atoms with Crippen molar-refractivity contribution in [3.05, 3.63) is 24.0 Å². The molecule has 7 nitrogen and oxygen atoms in total. The summed E-state index contributed by atoms with van der Waals surface area (Å²) in [7, 11) is 2.02. The van der Waals surface area contributed by atoms with E-state index in [2.05, 4.69) is 15.5 Å². The van der Waals surface area contributed by atoms with E-state index >= 15 is 0 Å². The van der Waals surface area contributed by atoms with Crippen molar-refractivity contribution in [3.8, 4) is 0 Å². The lowest BCUT2D eigenvalue weighted by molar-refractivity contribution is 0.0263. The van der Waals surface area contributed by atoms with Crippen LogP contribution >= 0.6 is 0 Å². The van der Waals surface area contributed by atoms with Crippen LogP contribution in [0.2, 0.25) is 0 Å². The molecule has 1 fully saturated rings. The fourth-order valence-corrected chi connectivity index (χ4v) is 3.31. The zero-order valence-corrected chi connectivity index (χ0v) is 16.2. The first-order valence-corrected chi connectivity index (χ1v) is 9.16. The van der Waals surface area contributed by atoms with Gasteiger partial charge in [-0.1, -0.05) is 0 Å². The van der Waals surface area contributed by atoms with E-state index in [1.165, 1.54) is 0 Å². The Morgan fingerprint density at radius 2 is 2.04 bits per heavy atom. The summed E-state index contributed by atoms with van der Waals surface area (Å²) in [5.41, 5.74) is 9.49. The van der Waals surface area contributed by atoms with Crippen molar-refractivity contribution >= 4 is 22.8 Å². The van der Waals surface area contributed by atoms with Crippen LogP contribution in [0, 0.1) is 0 Å². The summed E-state index contributed by atoms with van der Waals surface area (Å²) in [5, 5.41) is 0. The summed E-state index contributed by atoms with van der Waals surface area (Å²) in [4.78, 5) is 21.2. The maximum Gasteiger partial charge on any atom is 0.410 e. The standard InChI is InChI=1S/C19H29N5O2/c1-19(2,3)26-18(25)24-8-5-7-23(10-11-24)17-12-16-14(6-9-22(16)4)21-15(17)13-20/h6,9,12H,5,7-8,10-11,13,20H2,1-4H3. The Balaban J connectivity index is 1.79. The second kappa shape index (κ2) is 7.15. The Bertz CT molecular complexity index is 793. The smallest absolute Gasteiger partial charge is 0.410 e. The topological polar surface area (TPSA) is 76.6 Å². The van der Waals surface area contributed by atoms with E-state index in [9.17, 15) is 4.79 Å². The van der Waals surface area contributed by atoms with Gasteiger partial charge in [0.05, 0.1) is 22.4 Å². The molecule has 2 N–H and O–H groups in total. The first-order valence-electron chi connectivity index (χ1n) is 9.16. The molecule has 0 saturated carbocycles. The van der Waals surface area contributed by atoms with Gasteiger partial charge in [-0.15, -0.1) is 0 Å². The number of anilines is 1. The van der Waals surface area contributed by atoms with Gasteiger partial charge in [-0.3, -0.25) is 0 Å². The molecule has 142 valence electrons. The zero-order valence-electron chi connectivity index (χ0n) is 16.2. The Morgan fingerprint density at radius 3 is 2.73 bits per heavy atom. The van der Waals surface area contributed by atoms with Crippen LogP contribution in [0.4, 0.5) is 10.5 Å². The van der Waals surface area contributed by atoms with E-state index in [1.54, 1.807) is 4.90 Å². The van der Waals surface area contributed by atoms with Crippen LogP contribution in [0.25, 0.3) is 11.0 Å². The van der Waals surface area contributed by atoms with Crippen molar-refractivity contribution in [2.45, 2.75) is 39.3 Å². The van der Waals surface area contributed by atoms with Crippen molar-refractivity contribution in [2.75, 3.05) is 31.1 Å². The fourth-order valence-electron chi connectivity index (χ4n) is 3.31. The normalized spacial score (nSPS) is 16.0. The van der Waals surface area contributed by atoms with Crippen LogP contribution < -0.4 is 10.6 Å². The highest BCUT2D eigenvalue weighted by molar-refractivity contribution is 5.80. The molecule has 0 spiro atoms. The van der Waals surface area contributed by atoms with Crippen LogP contribution in [-0.4, -0.2) is 52.3 Å². The van der Waals surface area contributed by atoms with Crippen LogP contribution in [-0.2, 0) is 18.3 Å².